The SMILES string of the molecule is CC1=C2c3c(C)coc3CC[C@H](C)[C@@H]2CC1=O. The highest BCUT2D eigenvalue weighted by Gasteiger charge is 2.38. The zero-order valence-corrected chi connectivity index (χ0v) is 10.7. The summed E-state index contributed by atoms with van der Waals surface area (Å²) in [5.74, 6) is 2.40. The molecular weight excluding hydrogens is 212 g/mol. The number of furan rings is 1. The zero-order valence-electron chi connectivity index (χ0n) is 10.7. The number of rotatable bonds is 0. The fourth-order valence-corrected chi connectivity index (χ4v) is 3.35. The molecule has 2 heteroatoms. The van der Waals surface area contributed by atoms with Gasteiger partial charge in [-0.25, -0.2) is 0 Å². The highest BCUT2D eigenvalue weighted by Crippen LogP contribution is 2.47. The summed E-state index contributed by atoms with van der Waals surface area (Å²) in [5.41, 5.74) is 4.67. The van der Waals surface area contributed by atoms with Gasteiger partial charge in [0.15, 0.2) is 5.78 Å². The minimum Gasteiger partial charge on any atom is -0.468 e. The molecular formula is C15H18O2. The Hall–Kier alpha value is -1.31. The standard InChI is InChI=1S/C15H18O2/c1-8-4-5-13-14(9(2)7-17-13)15-10(3)12(16)6-11(8)15/h7-8,11H,4-6H2,1-3H3/t8-,11-/m0/s1. The van der Waals surface area contributed by atoms with E-state index in [-0.39, 0.29) is 0 Å². The first kappa shape index (κ1) is 10.8. The fraction of sp³-hybridized carbons (Fsp3) is 0.533. The van der Waals surface area contributed by atoms with Crippen LogP contribution in [-0.4, -0.2) is 5.78 Å². The number of carbonyl (C=O) groups excluding carboxylic acids is 1. The molecule has 1 aromatic rings. The van der Waals surface area contributed by atoms with E-state index in [4.69, 9.17) is 4.42 Å². The number of Topliss-reactive ketones (excluding diaryl/α,β-unsaturated/α-hetero) is 1. The van der Waals surface area contributed by atoms with Crippen LogP contribution in [0, 0.1) is 18.8 Å². The normalized spacial score (nSPS) is 28.1. The van der Waals surface area contributed by atoms with Crippen molar-refractivity contribution in [2.24, 2.45) is 11.8 Å². The number of ketones is 1. The Morgan fingerprint density at radius 1 is 1.35 bits per heavy atom. The lowest BCUT2D eigenvalue weighted by atomic mass is 9.84. The molecule has 1 heterocycles. The van der Waals surface area contributed by atoms with Gasteiger partial charge in [-0.2, -0.15) is 0 Å². The van der Waals surface area contributed by atoms with E-state index in [0.717, 1.165) is 24.2 Å². The molecule has 1 aromatic heterocycles. The lowest BCUT2D eigenvalue weighted by molar-refractivity contribution is -0.115. The Kier molecular flexibility index (Phi) is 2.29. The monoisotopic (exact) mass is 230 g/mol. The summed E-state index contributed by atoms with van der Waals surface area (Å²) in [6, 6.07) is 0. The summed E-state index contributed by atoms with van der Waals surface area (Å²) in [4.78, 5) is 12.0. The van der Waals surface area contributed by atoms with Crippen molar-refractivity contribution in [3.05, 3.63) is 28.7 Å². The molecule has 0 saturated carbocycles. The van der Waals surface area contributed by atoms with Crippen molar-refractivity contribution >= 4 is 11.4 Å². The van der Waals surface area contributed by atoms with E-state index in [9.17, 15) is 4.79 Å². The summed E-state index contributed by atoms with van der Waals surface area (Å²) in [6.07, 6.45) is 4.66. The topological polar surface area (TPSA) is 30.2 Å². The molecule has 0 unspecified atom stereocenters. The van der Waals surface area contributed by atoms with Gasteiger partial charge in [0.2, 0.25) is 0 Å². The quantitative estimate of drug-likeness (QED) is 0.682. The Bertz CT molecular complexity index is 519. The molecule has 0 bridgehead atoms. The van der Waals surface area contributed by atoms with Crippen LogP contribution < -0.4 is 0 Å². The van der Waals surface area contributed by atoms with Crippen LogP contribution in [0.1, 0.15) is 43.6 Å². The Morgan fingerprint density at radius 2 is 2.12 bits per heavy atom. The molecule has 17 heavy (non-hydrogen) atoms. The van der Waals surface area contributed by atoms with Gasteiger partial charge in [0.1, 0.15) is 5.76 Å². The van der Waals surface area contributed by atoms with E-state index < -0.39 is 0 Å². The largest absolute Gasteiger partial charge is 0.468 e. The molecule has 90 valence electrons. The van der Waals surface area contributed by atoms with Crippen LogP contribution >= 0.6 is 0 Å². The number of fused-ring (bicyclic) bond motifs is 3. The maximum atomic E-state index is 12.0. The molecule has 2 atom stereocenters. The third-order valence-corrected chi connectivity index (χ3v) is 4.43. The van der Waals surface area contributed by atoms with E-state index >= 15 is 0 Å². The maximum Gasteiger partial charge on any atom is 0.159 e. The summed E-state index contributed by atoms with van der Waals surface area (Å²) in [6.45, 7) is 6.32. The molecule has 2 aliphatic rings. The minimum absolute atomic E-state index is 0.324. The van der Waals surface area contributed by atoms with Crippen LogP contribution in [0.3, 0.4) is 0 Å². The number of hydrogen-bond acceptors (Lipinski definition) is 2. The first-order valence-electron chi connectivity index (χ1n) is 6.41. The molecule has 2 aliphatic carbocycles. The van der Waals surface area contributed by atoms with Gasteiger partial charge < -0.3 is 4.42 Å². The lowest BCUT2D eigenvalue weighted by Crippen LogP contribution is -2.10. The predicted octanol–water partition coefficient (Wildman–Crippen LogP) is 3.53. The van der Waals surface area contributed by atoms with Gasteiger partial charge in [-0.05, 0) is 48.8 Å². The summed E-state index contributed by atoms with van der Waals surface area (Å²) in [5, 5.41) is 0. The van der Waals surface area contributed by atoms with E-state index in [0.29, 0.717) is 24.0 Å². The molecule has 0 aliphatic heterocycles. The lowest BCUT2D eigenvalue weighted by Gasteiger charge is -2.18. The Morgan fingerprint density at radius 3 is 2.88 bits per heavy atom. The van der Waals surface area contributed by atoms with Gasteiger partial charge in [0.05, 0.1) is 6.26 Å². The van der Waals surface area contributed by atoms with Gasteiger partial charge in [0.25, 0.3) is 0 Å². The van der Waals surface area contributed by atoms with E-state index in [1.807, 2.05) is 13.2 Å². The summed E-state index contributed by atoms with van der Waals surface area (Å²) >= 11 is 0. The number of carbonyl (C=O) groups is 1. The number of allylic oxidation sites excluding steroid dienone is 2. The first-order valence-corrected chi connectivity index (χ1v) is 6.41. The molecule has 3 rings (SSSR count). The van der Waals surface area contributed by atoms with Gasteiger partial charge in [-0.15, -0.1) is 0 Å². The molecule has 2 nitrogen and oxygen atoms in total. The second kappa shape index (κ2) is 3.59. The van der Waals surface area contributed by atoms with Crippen molar-refractivity contribution in [2.45, 2.75) is 40.0 Å². The summed E-state index contributed by atoms with van der Waals surface area (Å²) < 4.78 is 5.66. The molecule has 0 fully saturated rings. The highest BCUT2D eigenvalue weighted by molar-refractivity contribution is 6.08. The van der Waals surface area contributed by atoms with Gasteiger partial charge >= 0.3 is 0 Å². The third-order valence-electron chi connectivity index (χ3n) is 4.43. The van der Waals surface area contributed by atoms with Crippen molar-refractivity contribution in [1.82, 2.24) is 0 Å². The van der Waals surface area contributed by atoms with Gasteiger partial charge in [-0.1, -0.05) is 6.92 Å². The average molecular weight is 230 g/mol. The average Bonchev–Trinajstić information content (AvgIpc) is 2.74. The fourth-order valence-electron chi connectivity index (χ4n) is 3.35. The highest BCUT2D eigenvalue weighted by atomic mass is 16.3. The van der Waals surface area contributed by atoms with Crippen molar-refractivity contribution in [3.8, 4) is 0 Å². The van der Waals surface area contributed by atoms with Crippen molar-refractivity contribution in [2.75, 3.05) is 0 Å². The molecule has 0 aromatic carbocycles. The van der Waals surface area contributed by atoms with Crippen LogP contribution in [0.2, 0.25) is 0 Å². The Balaban J connectivity index is 2.25. The van der Waals surface area contributed by atoms with Gasteiger partial charge in [0, 0.05) is 18.4 Å². The van der Waals surface area contributed by atoms with Crippen LogP contribution in [0.25, 0.3) is 5.57 Å². The van der Waals surface area contributed by atoms with E-state index in [2.05, 4.69) is 13.8 Å². The molecule has 0 amide bonds. The minimum atomic E-state index is 0.324. The van der Waals surface area contributed by atoms with Crippen LogP contribution in [0.4, 0.5) is 0 Å². The van der Waals surface area contributed by atoms with Crippen LogP contribution in [0.15, 0.2) is 16.3 Å². The second-order valence-corrected chi connectivity index (χ2v) is 5.51. The van der Waals surface area contributed by atoms with Crippen molar-refractivity contribution < 1.29 is 9.21 Å². The molecule has 0 saturated heterocycles. The predicted molar refractivity (Wildman–Crippen MR) is 66.6 cm³/mol. The molecule has 0 N–H and O–H groups in total. The molecule has 0 radical (unpaired) electrons. The first-order chi connectivity index (χ1) is 8.09. The van der Waals surface area contributed by atoms with E-state index in [1.54, 1.807) is 0 Å². The number of aryl methyl sites for hydroxylation is 2. The van der Waals surface area contributed by atoms with E-state index in [1.165, 1.54) is 16.7 Å². The maximum absolute atomic E-state index is 12.0. The van der Waals surface area contributed by atoms with Crippen molar-refractivity contribution in [1.29, 1.82) is 0 Å². The van der Waals surface area contributed by atoms with Crippen LogP contribution in [-0.2, 0) is 11.2 Å². The Labute approximate surface area is 102 Å². The zero-order chi connectivity index (χ0) is 12.2. The third kappa shape index (κ3) is 1.43. The summed E-state index contributed by atoms with van der Waals surface area (Å²) in [7, 11) is 0. The van der Waals surface area contributed by atoms with Crippen molar-refractivity contribution in [3.63, 3.8) is 0 Å². The second-order valence-electron chi connectivity index (χ2n) is 5.51. The smallest absolute Gasteiger partial charge is 0.159 e. The van der Waals surface area contributed by atoms with Crippen LogP contribution in [0.5, 0.6) is 0 Å². The van der Waals surface area contributed by atoms with Gasteiger partial charge in [-0.3, -0.25) is 4.79 Å². The molecule has 0 spiro atoms. The number of hydrogen-bond donors (Lipinski definition) is 0.